The quantitative estimate of drug-likeness (QED) is 0.724. The van der Waals surface area contributed by atoms with Crippen molar-refractivity contribution in [1.82, 2.24) is 10.6 Å². The van der Waals surface area contributed by atoms with Crippen LogP contribution in [-0.2, 0) is 11.3 Å². The molecule has 1 rings (SSSR count). The molecule has 6 heteroatoms. The monoisotopic (exact) mass is 312 g/mol. The third-order valence-electron chi connectivity index (χ3n) is 3.76. The summed E-state index contributed by atoms with van der Waals surface area (Å²) in [5.41, 5.74) is 0.0162. The van der Waals surface area contributed by atoms with Gasteiger partial charge in [-0.05, 0) is 30.5 Å². The number of urea groups is 1. The Hall–Kier alpha value is -1.75. The maximum Gasteiger partial charge on any atom is 0.315 e. The highest BCUT2D eigenvalue weighted by Crippen LogP contribution is 2.25. The minimum atomic E-state index is -0.905. The summed E-state index contributed by atoms with van der Waals surface area (Å²) in [4.78, 5) is 23.1. The lowest BCUT2D eigenvalue weighted by Crippen LogP contribution is -2.45. The second kappa shape index (κ2) is 7.88. The van der Waals surface area contributed by atoms with Crippen molar-refractivity contribution in [2.45, 2.75) is 33.2 Å². The average molecular weight is 313 g/mol. The molecule has 0 bridgehead atoms. The number of rotatable bonds is 7. The number of carbonyl (C=O) groups excluding carboxylic acids is 1. The van der Waals surface area contributed by atoms with Gasteiger partial charge in [-0.3, -0.25) is 4.79 Å². The predicted molar refractivity (Wildman–Crippen MR) is 82.3 cm³/mol. The van der Waals surface area contributed by atoms with Crippen LogP contribution in [0, 0.1) is 5.41 Å². The van der Waals surface area contributed by atoms with Gasteiger partial charge in [0.2, 0.25) is 0 Å². The first-order valence-corrected chi connectivity index (χ1v) is 7.31. The minimum Gasteiger partial charge on any atom is -0.481 e. The van der Waals surface area contributed by atoms with Gasteiger partial charge < -0.3 is 15.7 Å². The largest absolute Gasteiger partial charge is 0.481 e. The van der Waals surface area contributed by atoms with Crippen LogP contribution in [-0.4, -0.2) is 23.7 Å². The molecule has 0 atom stereocenters. The molecule has 2 amide bonds. The molecule has 3 N–H and O–H groups in total. The topological polar surface area (TPSA) is 78.4 Å². The van der Waals surface area contributed by atoms with E-state index in [9.17, 15) is 14.7 Å². The zero-order chi connectivity index (χ0) is 15.9. The number of hydrogen-bond acceptors (Lipinski definition) is 2. The van der Waals surface area contributed by atoms with Crippen LogP contribution < -0.4 is 10.6 Å². The molecule has 1 aromatic carbocycles. The molecule has 21 heavy (non-hydrogen) atoms. The zero-order valence-corrected chi connectivity index (χ0v) is 13.0. The maximum absolute atomic E-state index is 11.7. The van der Waals surface area contributed by atoms with Gasteiger partial charge in [-0.25, -0.2) is 4.79 Å². The number of hydrogen-bond donors (Lipinski definition) is 3. The third-order valence-corrected chi connectivity index (χ3v) is 4.01. The molecule has 116 valence electrons. The molecule has 0 spiro atoms. The molecule has 0 heterocycles. The van der Waals surface area contributed by atoms with Gasteiger partial charge >= 0.3 is 12.0 Å². The number of benzene rings is 1. The Labute approximate surface area is 129 Å². The predicted octanol–water partition coefficient (Wildman–Crippen LogP) is 3.03. The first-order chi connectivity index (χ1) is 9.93. The Morgan fingerprint density at radius 1 is 1.14 bits per heavy atom. The van der Waals surface area contributed by atoms with Crippen LogP contribution in [0.3, 0.4) is 0 Å². The fourth-order valence-electron chi connectivity index (χ4n) is 1.97. The summed E-state index contributed by atoms with van der Waals surface area (Å²) in [6.45, 7) is 4.10. The van der Waals surface area contributed by atoms with E-state index in [4.69, 9.17) is 11.6 Å². The number of aliphatic carboxylic acids is 1. The van der Waals surface area contributed by atoms with Gasteiger partial charge in [-0.2, -0.15) is 0 Å². The van der Waals surface area contributed by atoms with Gasteiger partial charge in [0.25, 0.3) is 0 Å². The van der Waals surface area contributed by atoms with Crippen LogP contribution in [0.4, 0.5) is 4.79 Å². The zero-order valence-electron chi connectivity index (χ0n) is 12.3. The van der Waals surface area contributed by atoms with Crippen molar-refractivity contribution in [3.63, 3.8) is 0 Å². The van der Waals surface area contributed by atoms with Gasteiger partial charge in [0.15, 0.2) is 0 Å². The molecule has 0 saturated heterocycles. The van der Waals surface area contributed by atoms with E-state index in [1.807, 2.05) is 26.0 Å². The molecule has 0 unspecified atom stereocenters. The van der Waals surface area contributed by atoms with E-state index in [0.29, 0.717) is 24.4 Å². The summed E-state index contributed by atoms with van der Waals surface area (Å²) in [7, 11) is 0. The molecule has 0 aliphatic rings. The van der Waals surface area contributed by atoms with Crippen molar-refractivity contribution in [3.05, 3.63) is 34.9 Å². The molecule has 0 aliphatic carbocycles. The van der Waals surface area contributed by atoms with Crippen LogP contribution >= 0.6 is 11.6 Å². The van der Waals surface area contributed by atoms with E-state index < -0.39 is 11.4 Å². The molecule has 5 nitrogen and oxygen atoms in total. The smallest absolute Gasteiger partial charge is 0.315 e. The van der Waals surface area contributed by atoms with E-state index in [1.165, 1.54) is 0 Å². The summed E-state index contributed by atoms with van der Waals surface area (Å²) in [5, 5.41) is 15.2. The summed E-state index contributed by atoms with van der Waals surface area (Å²) >= 11 is 5.78. The van der Waals surface area contributed by atoms with E-state index >= 15 is 0 Å². The van der Waals surface area contributed by atoms with E-state index in [-0.39, 0.29) is 12.6 Å². The summed E-state index contributed by atoms with van der Waals surface area (Å²) in [6.07, 6.45) is 0.937. The lowest BCUT2D eigenvalue weighted by atomic mass is 9.82. The van der Waals surface area contributed by atoms with Crippen LogP contribution in [0.1, 0.15) is 32.3 Å². The standard InChI is InChI=1S/C15H21ClN2O3/c1-3-15(4-2,13(19)20)10-18-14(21)17-9-11-5-7-12(16)8-6-11/h5-8H,3-4,9-10H2,1-2H3,(H,19,20)(H2,17,18,21). The lowest BCUT2D eigenvalue weighted by Gasteiger charge is -2.26. The van der Waals surface area contributed by atoms with Crippen molar-refractivity contribution in [2.24, 2.45) is 5.41 Å². The van der Waals surface area contributed by atoms with Gasteiger partial charge in [-0.1, -0.05) is 37.6 Å². The van der Waals surface area contributed by atoms with E-state index in [2.05, 4.69) is 10.6 Å². The Morgan fingerprint density at radius 3 is 2.19 bits per heavy atom. The highest BCUT2D eigenvalue weighted by atomic mass is 35.5. The summed E-state index contributed by atoms with van der Waals surface area (Å²) < 4.78 is 0. The normalized spacial score (nSPS) is 11.0. The Balaban J connectivity index is 2.46. The number of nitrogens with one attached hydrogen (secondary N) is 2. The first-order valence-electron chi connectivity index (χ1n) is 6.93. The van der Waals surface area contributed by atoms with Crippen LogP contribution in [0.2, 0.25) is 5.02 Å². The van der Waals surface area contributed by atoms with Crippen molar-refractivity contribution in [3.8, 4) is 0 Å². The van der Waals surface area contributed by atoms with Crippen molar-refractivity contribution in [2.75, 3.05) is 6.54 Å². The number of carboxylic acid groups (broad SMARTS) is 1. The first kappa shape index (κ1) is 17.3. The highest BCUT2D eigenvalue weighted by molar-refractivity contribution is 6.30. The minimum absolute atomic E-state index is 0.113. The molecule has 0 fully saturated rings. The van der Waals surface area contributed by atoms with Crippen molar-refractivity contribution in [1.29, 1.82) is 0 Å². The second-order valence-electron chi connectivity index (χ2n) is 4.96. The van der Waals surface area contributed by atoms with Crippen molar-refractivity contribution >= 4 is 23.6 Å². The molecule has 1 aromatic rings. The third kappa shape index (κ3) is 4.93. The molecule has 0 aromatic heterocycles. The molecule has 0 radical (unpaired) electrons. The second-order valence-corrected chi connectivity index (χ2v) is 5.39. The Morgan fingerprint density at radius 2 is 1.71 bits per heavy atom. The van der Waals surface area contributed by atoms with Crippen molar-refractivity contribution < 1.29 is 14.7 Å². The van der Waals surface area contributed by atoms with Crippen LogP contribution in [0.5, 0.6) is 0 Å². The number of carboxylic acids is 1. The Bertz CT molecular complexity index is 484. The number of carbonyl (C=O) groups is 2. The number of amides is 2. The molecule has 0 aliphatic heterocycles. The summed E-state index contributed by atoms with van der Waals surface area (Å²) in [5.74, 6) is -0.884. The molecule has 0 saturated carbocycles. The summed E-state index contributed by atoms with van der Waals surface area (Å²) in [6, 6.07) is 6.77. The van der Waals surface area contributed by atoms with Crippen LogP contribution in [0.15, 0.2) is 24.3 Å². The molecular weight excluding hydrogens is 292 g/mol. The number of halogens is 1. The average Bonchev–Trinajstić information content (AvgIpc) is 2.48. The van der Waals surface area contributed by atoms with Gasteiger partial charge in [0.1, 0.15) is 0 Å². The fourth-order valence-corrected chi connectivity index (χ4v) is 2.10. The SMILES string of the molecule is CCC(CC)(CNC(=O)NCc1ccc(Cl)cc1)C(=O)O. The van der Waals surface area contributed by atoms with Gasteiger partial charge in [-0.15, -0.1) is 0 Å². The van der Waals surface area contributed by atoms with Gasteiger partial charge in [0.05, 0.1) is 5.41 Å². The maximum atomic E-state index is 11.7. The highest BCUT2D eigenvalue weighted by Gasteiger charge is 2.35. The Kier molecular flexibility index (Phi) is 6.49. The fraction of sp³-hybridized carbons (Fsp3) is 0.467. The van der Waals surface area contributed by atoms with E-state index in [1.54, 1.807) is 12.1 Å². The molecular formula is C15H21ClN2O3. The van der Waals surface area contributed by atoms with Crippen LogP contribution in [0.25, 0.3) is 0 Å². The van der Waals surface area contributed by atoms with E-state index in [0.717, 1.165) is 5.56 Å². The lowest BCUT2D eigenvalue weighted by molar-refractivity contribution is -0.149. The van der Waals surface area contributed by atoms with Gasteiger partial charge in [0, 0.05) is 18.1 Å².